The highest BCUT2D eigenvalue weighted by Gasteiger charge is 2.33. The molecule has 1 aromatic carbocycles. The Morgan fingerprint density at radius 2 is 1.95 bits per heavy atom. The van der Waals surface area contributed by atoms with Crippen molar-refractivity contribution in [1.29, 1.82) is 0 Å². The molecule has 1 saturated carbocycles. The third kappa shape index (κ3) is 4.45. The quantitative estimate of drug-likeness (QED) is 0.468. The first-order valence-corrected chi connectivity index (χ1v) is 7.34. The summed E-state index contributed by atoms with van der Waals surface area (Å²) in [5.74, 6) is -1.11. The smallest absolute Gasteiger partial charge is 0.323 e. The number of thioether (sulfide) groups is 1. The van der Waals surface area contributed by atoms with Crippen molar-refractivity contribution in [3.8, 4) is 0 Å². The van der Waals surface area contributed by atoms with E-state index in [1.807, 2.05) is 0 Å². The first-order valence-electron chi connectivity index (χ1n) is 6.36. The molecule has 7 nitrogen and oxygen atoms in total. The van der Waals surface area contributed by atoms with Crippen LogP contribution in [0.5, 0.6) is 0 Å². The van der Waals surface area contributed by atoms with Gasteiger partial charge in [-0.05, 0) is 25.0 Å². The number of carboxylic acids is 1. The zero-order chi connectivity index (χ0) is 15.4. The van der Waals surface area contributed by atoms with E-state index in [0.29, 0.717) is 0 Å². The molecule has 21 heavy (non-hydrogen) atoms. The second kappa shape index (κ2) is 6.57. The van der Waals surface area contributed by atoms with Gasteiger partial charge in [0.2, 0.25) is 5.91 Å². The number of nitro benzene ring substituents is 1. The third-order valence-electron chi connectivity index (χ3n) is 3.02. The predicted molar refractivity (Wildman–Crippen MR) is 76.2 cm³/mol. The van der Waals surface area contributed by atoms with Gasteiger partial charge >= 0.3 is 5.97 Å². The van der Waals surface area contributed by atoms with Crippen molar-refractivity contribution in [2.24, 2.45) is 0 Å². The maximum absolute atomic E-state index is 12.0. The van der Waals surface area contributed by atoms with E-state index in [1.165, 1.54) is 28.8 Å². The van der Waals surface area contributed by atoms with Crippen LogP contribution >= 0.6 is 11.8 Å². The van der Waals surface area contributed by atoms with Gasteiger partial charge in [-0.15, -0.1) is 11.8 Å². The summed E-state index contributed by atoms with van der Waals surface area (Å²) in [6.45, 7) is -0.273. The summed E-state index contributed by atoms with van der Waals surface area (Å²) in [7, 11) is 0. The number of aliphatic carboxylic acids is 1. The minimum absolute atomic E-state index is 0.00355. The molecule has 112 valence electrons. The zero-order valence-electron chi connectivity index (χ0n) is 11.1. The summed E-state index contributed by atoms with van der Waals surface area (Å²) in [4.78, 5) is 35.0. The van der Waals surface area contributed by atoms with Crippen molar-refractivity contribution in [1.82, 2.24) is 4.90 Å². The molecule has 1 N–H and O–H groups in total. The highest BCUT2D eigenvalue weighted by atomic mass is 32.2. The van der Waals surface area contributed by atoms with Crippen LogP contribution in [0.25, 0.3) is 0 Å². The van der Waals surface area contributed by atoms with E-state index in [1.54, 1.807) is 12.1 Å². The van der Waals surface area contributed by atoms with Gasteiger partial charge in [-0.3, -0.25) is 19.7 Å². The Bertz CT molecular complexity index is 556. The lowest BCUT2D eigenvalue weighted by Gasteiger charge is -2.19. The van der Waals surface area contributed by atoms with Crippen LogP contribution in [0.15, 0.2) is 29.2 Å². The van der Waals surface area contributed by atoms with E-state index in [-0.39, 0.29) is 29.9 Å². The second-order valence-electron chi connectivity index (χ2n) is 4.69. The summed E-state index contributed by atoms with van der Waals surface area (Å²) >= 11 is 1.24. The molecule has 8 heteroatoms. The predicted octanol–water partition coefficient (Wildman–Crippen LogP) is 1.76. The molecule has 1 aromatic rings. The van der Waals surface area contributed by atoms with Crippen molar-refractivity contribution in [2.75, 3.05) is 12.3 Å². The van der Waals surface area contributed by atoms with Gasteiger partial charge in [0, 0.05) is 23.1 Å². The van der Waals surface area contributed by atoms with Crippen LogP contribution in [0, 0.1) is 10.1 Å². The number of carbonyl (C=O) groups excluding carboxylic acids is 1. The maximum atomic E-state index is 12.0. The molecule has 1 aliphatic carbocycles. The number of nitro groups is 1. The molecule has 0 atom stereocenters. The Kier molecular flexibility index (Phi) is 4.79. The molecule has 0 unspecified atom stereocenters. The molecule has 1 aliphatic rings. The summed E-state index contributed by atoms with van der Waals surface area (Å²) in [5.41, 5.74) is -0.00355. The van der Waals surface area contributed by atoms with Crippen LogP contribution in [0.3, 0.4) is 0 Å². The molecule has 0 aliphatic heterocycles. The first-order chi connectivity index (χ1) is 9.97. The van der Waals surface area contributed by atoms with Gasteiger partial charge in [0.05, 0.1) is 10.7 Å². The summed E-state index contributed by atoms with van der Waals surface area (Å²) in [6.07, 6.45) is 1.70. The van der Waals surface area contributed by atoms with E-state index in [4.69, 9.17) is 5.11 Å². The van der Waals surface area contributed by atoms with Crippen molar-refractivity contribution < 1.29 is 19.6 Å². The standard InChI is InChI=1S/C13H14N2O5S/c16-12(14(7-13(17)18)9-1-2-9)8-21-11-5-3-10(4-6-11)15(19)20/h3-6,9H,1-2,7-8H2,(H,17,18). The minimum atomic E-state index is -1.02. The molecular formula is C13H14N2O5S. The molecular weight excluding hydrogens is 296 g/mol. The number of hydrogen-bond donors (Lipinski definition) is 1. The van der Waals surface area contributed by atoms with E-state index in [0.717, 1.165) is 17.7 Å². The van der Waals surface area contributed by atoms with Crippen LogP contribution in [0.4, 0.5) is 5.69 Å². The number of rotatable bonds is 7. The monoisotopic (exact) mass is 310 g/mol. The molecule has 0 radical (unpaired) electrons. The highest BCUT2D eigenvalue weighted by Crippen LogP contribution is 2.28. The minimum Gasteiger partial charge on any atom is -0.480 e. The number of nitrogens with zero attached hydrogens (tertiary/aromatic N) is 2. The van der Waals surface area contributed by atoms with Crippen LogP contribution < -0.4 is 0 Å². The van der Waals surface area contributed by atoms with E-state index >= 15 is 0 Å². The Labute approximate surface area is 125 Å². The Balaban J connectivity index is 1.90. The Morgan fingerprint density at radius 1 is 1.33 bits per heavy atom. The first kappa shape index (κ1) is 15.3. The normalized spacial score (nSPS) is 13.7. The molecule has 1 fully saturated rings. The fraction of sp³-hybridized carbons (Fsp3) is 0.385. The zero-order valence-corrected chi connectivity index (χ0v) is 11.9. The third-order valence-corrected chi connectivity index (χ3v) is 4.02. The van der Waals surface area contributed by atoms with E-state index < -0.39 is 10.9 Å². The number of carboxylic acid groups (broad SMARTS) is 1. The number of benzene rings is 1. The lowest BCUT2D eigenvalue weighted by Crippen LogP contribution is -2.38. The van der Waals surface area contributed by atoms with Crippen molar-refractivity contribution in [2.45, 2.75) is 23.8 Å². The summed E-state index contributed by atoms with van der Waals surface area (Å²) in [6, 6.07) is 5.96. The van der Waals surface area contributed by atoms with E-state index in [2.05, 4.69) is 0 Å². The average Bonchev–Trinajstić information content (AvgIpc) is 3.27. The topological polar surface area (TPSA) is 101 Å². The van der Waals surface area contributed by atoms with E-state index in [9.17, 15) is 19.7 Å². The molecule has 0 spiro atoms. The number of amides is 1. The average molecular weight is 310 g/mol. The molecule has 2 rings (SSSR count). The van der Waals surface area contributed by atoms with Crippen LogP contribution in [0.1, 0.15) is 12.8 Å². The maximum Gasteiger partial charge on any atom is 0.323 e. The lowest BCUT2D eigenvalue weighted by molar-refractivity contribution is -0.384. The van der Waals surface area contributed by atoms with Gasteiger partial charge < -0.3 is 10.0 Å². The molecule has 0 saturated heterocycles. The van der Waals surface area contributed by atoms with Gasteiger partial charge in [-0.25, -0.2) is 0 Å². The molecule has 0 heterocycles. The summed E-state index contributed by atoms with van der Waals surface area (Å²) in [5, 5.41) is 19.3. The van der Waals surface area contributed by atoms with Crippen LogP contribution in [-0.4, -0.2) is 45.1 Å². The van der Waals surface area contributed by atoms with Crippen molar-refractivity contribution >= 4 is 29.3 Å². The fourth-order valence-corrected chi connectivity index (χ4v) is 2.63. The Hall–Kier alpha value is -2.09. The number of hydrogen-bond acceptors (Lipinski definition) is 5. The van der Waals surface area contributed by atoms with Crippen molar-refractivity contribution in [3.63, 3.8) is 0 Å². The fourth-order valence-electron chi connectivity index (χ4n) is 1.84. The van der Waals surface area contributed by atoms with Gasteiger partial charge in [-0.2, -0.15) is 0 Å². The Morgan fingerprint density at radius 3 is 2.43 bits per heavy atom. The number of non-ortho nitro benzene ring substituents is 1. The second-order valence-corrected chi connectivity index (χ2v) is 5.73. The van der Waals surface area contributed by atoms with Crippen LogP contribution in [-0.2, 0) is 9.59 Å². The van der Waals surface area contributed by atoms with Gasteiger partial charge in [0.1, 0.15) is 6.54 Å². The molecule has 0 bridgehead atoms. The largest absolute Gasteiger partial charge is 0.480 e. The summed E-state index contributed by atoms with van der Waals surface area (Å²) < 4.78 is 0. The SMILES string of the molecule is O=C(O)CN(C(=O)CSc1ccc([N+](=O)[O-])cc1)C1CC1. The van der Waals surface area contributed by atoms with Gasteiger partial charge in [0.15, 0.2) is 0 Å². The lowest BCUT2D eigenvalue weighted by atomic mass is 10.3. The van der Waals surface area contributed by atoms with Gasteiger partial charge in [-0.1, -0.05) is 0 Å². The molecule has 0 aromatic heterocycles. The molecule has 1 amide bonds. The number of carbonyl (C=O) groups is 2. The van der Waals surface area contributed by atoms with Crippen LogP contribution in [0.2, 0.25) is 0 Å². The van der Waals surface area contributed by atoms with Gasteiger partial charge in [0.25, 0.3) is 5.69 Å². The highest BCUT2D eigenvalue weighted by molar-refractivity contribution is 8.00. The van der Waals surface area contributed by atoms with Crippen molar-refractivity contribution in [3.05, 3.63) is 34.4 Å².